The van der Waals surface area contributed by atoms with Crippen molar-refractivity contribution in [2.45, 2.75) is 19.4 Å². The van der Waals surface area contributed by atoms with Gasteiger partial charge in [0.1, 0.15) is 11.4 Å². The Kier molecular flexibility index (Phi) is 3.29. The molecule has 1 aliphatic rings. The smallest absolute Gasteiger partial charge is 0.328 e. The summed E-state index contributed by atoms with van der Waals surface area (Å²) in [5.74, 6) is -0.892. The molecule has 1 aliphatic heterocycles. The van der Waals surface area contributed by atoms with E-state index >= 15 is 0 Å². The number of hydrogen-bond acceptors (Lipinski definition) is 3. The number of carbonyl (C=O) groups excluding carboxylic acids is 1. The number of benzene rings is 1. The maximum atomic E-state index is 12.1. The Labute approximate surface area is 111 Å². The molecular weight excluding hydrogens is 246 g/mol. The number of aliphatic carboxylic acids is 1. The van der Waals surface area contributed by atoms with Gasteiger partial charge in [0.2, 0.25) is 0 Å². The molecule has 1 heterocycles. The van der Waals surface area contributed by atoms with Gasteiger partial charge in [-0.1, -0.05) is 12.1 Å². The number of carboxylic acid groups (broad SMARTS) is 1. The molecule has 0 atom stereocenters. The number of para-hydroxylation sites is 2. The number of nitrogens with zero attached hydrogens (tertiary/aromatic N) is 1. The maximum Gasteiger partial charge on any atom is 0.328 e. The largest absolute Gasteiger partial charge is 0.484 e. The van der Waals surface area contributed by atoms with Gasteiger partial charge in [0.05, 0.1) is 12.2 Å². The Hall–Kier alpha value is -2.30. The number of rotatable bonds is 2. The first-order chi connectivity index (χ1) is 8.89. The predicted molar refractivity (Wildman–Crippen MR) is 70.3 cm³/mol. The standard InChI is InChI=1S/C14H15NO4/c1-14(2)9-15(12(16)7-8-13(17)18)10-5-3-4-6-11(10)19-14/h3-8H,9H2,1-2H3,(H,17,18)/b8-7+. The Balaban J connectivity index is 2.35. The molecule has 19 heavy (non-hydrogen) atoms. The van der Waals surface area contributed by atoms with Gasteiger partial charge < -0.3 is 14.7 Å². The van der Waals surface area contributed by atoms with E-state index in [-0.39, 0.29) is 5.91 Å². The highest BCUT2D eigenvalue weighted by molar-refractivity contribution is 6.05. The second-order valence-corrected chi connectivity index (χ2v) is 4.93. The molecule has 0 aliphatic carbocycles. The molecule has 0 saturated heterocycles. The molecule has 1 amide bonds. The Morgan fingerprint density at radius 1 is 1.32 bits per heavy atom. The van der Waals surface area contributed by atoms with Gasteiger partial charge in [0.15, 0.2) is 0 Å². The fourth-order valence-electron chi connectivity index (χ4n) is 1.99. The summed E-state index contributed by atoms with van der Waals surface area (Å²) in [6.07, 6.45) is 1.90. The van der Waals surface area contributed by atoms with E-state index in [1.807, 2.05) is 26.0 Å². The summed E-state index contributed by atoms with van der Waals surface area (Å²) in [6, 6.07) is 7.20. The molecule has 0 radical (unpaired) electrons. The minimum Gasteiger partial charge on any atom is -0.484 e. The first kappa shape index (κ1) is 13.1. The number of fused-ring (bicyclic) bond motifs is 1. The van der Waals surface area contributed by atoms with Crippen molar-refractivity contribution in [1.29, 1.82) is 0 Å². The molecule has 0 saturated carbocycles. The summed E-state index contributed by atoms with van der Waals surface area (Å²) in [7, 11) is 0. The Morgan fingerprint density at radius 3 is 2.68 bits per heavy atom. The number of carbonyl (C=O) groups is 2. The zero-order valence-corrected chi connectivity index (χ0v) is 10.8. The molecule has 2 rings (SSSR count). The third-order valence-corrected chi connectivity index (χ3v) is 2.72. The van der Waals surface area contributed by atoms with Crippen LogP contribution in [0.4, 0.5) is 5.69 Å². The van der Waals surface area contributed by atoms with E-state index in [2.05, 4.69) is 0 Å². The molecule has 5 nitrogen and oxygen atoms in total. The molecule has 1 aromatic carbocycles. The first-order valence-corrected chi connectivity index (χ1v) is 5.90. The number of hydrogen-bond donors (Lipinski definition) is 1. The molecule has 100 valence electrons. The molecule has 5 heteroatoms. The first-order valence-electron chi connectivity index (χ1n) is 5.90. The summed E-state index contributed by atoms with van der Waals surface area (Å²) in [5.41, 5.74) is 0.142. The monoisotopic (exact) mass is 261 g/mol. The highest BCUT2D eigenvalue weighted by atomic mass is 16.5. The van der Waals surface area contributed by atoms with E-state index in [0.29, 0.717) is 18.0 Å². The third kappa shape index (κ3) is 2.93. The normalized spacial score (nSPS) is 16.8. The van der Waals surface area contributed by atoms with E-state index < -0.39 is 11.6 Å². The van der Waals surface area contributed by atoms with Crippen molar-refractivity contribution < 1.29 is 19.4 Å². The SMILES string of the molecule is CC1(C)CN(C(=O)/C=C/C(=O)O)c2ccccc2O1. The van der Waals surface area contributed by atoms with E-state index in [9.17, 15) is 9.59 Å². The van der Waals surface area contributed by atoms with E-state index in [1.54, 1.807) is 12.1 Å². The molecule has 0 unspecified atom stereocenters. The summed E-state index contributed by atoms with van der Waals surface area (Å²) >= 11 is 0. The van der Waals surface area contributed by atoms with Gasteiger partial charge in [-0.3, -0.25) is 4.79 Å². The highest BCUT2D eigenvalue weighted by Crippen LogP contribution is 2.36. The van der Waals surface area contributed by atoms with Gasteiger partial charge in [-0.15, -0.1) is 0 Å². The van der Waals surface area contributed by atoms with Crippen LogP contribution >= 0.6 is 0 Å². The summed E-state index contributed by atoms with van der Waals surface area (Å²) in [6.45, 7) is 4.13. The zero-order chi connectivity index (χ0) is 14.0. The Bertz CT molecular complexity index is 548. The average molecular weight is 261 g/mol. The van der Waals surface area contributed by atoms with Crippen molar-refractivity contribution in [2.24, 2.45) is 0 Å². The van der Waals surface area contributed by atoms with Crippen LogP contribution in [0.25, 0.3) is 0 Å². The van der Waals surface area contributed by atoms with Crippen LogP contribution in [0, 0.1) is 0 Å². The molecule has 0 spiro atoms. The van der Waals surface area contributed by atoms with Crippen LogP contribution in [0.1, 0.15) is 13.8 Å². The minimum atomic E-state index is -1.14. The molecule has 1 N–H and O–H groups in total. The second kappa shape index (κ2) is 4.76. The predicted octanol–water partition coefficient (Wildman–Crippen LogP) is 1.83. The number of amides is 1. The lowest BCUT2D eigenvalue weighted by Gasteiger charge is -2.39. The van der Waals surface area contributed by atoms with Gasteiger partial charge in [0.25, 0.3) is 5.91 Å². The molecule has 0 bridgehead atoms. The van der Waals surface area contributed by atoms with Gasteiger partial charge in [-0.2, -0.15) is 0 Å². The van der Waals surface area contributed by atoms with Gasteiger partial charge >= 0.3 is 5.97 Å². The minimum absolute atomic E-state index is 0.368. The number of carboxylic acids is 1. The van der Waals surface area contributed by atoms with Crippen LogP contribution in [0.15, 0.2) is 36.4 Å². The van der Waals surface area contributed by atoms with Crippen molar-refractivity contribution in [3.8, 4) is 5.75 Å². The van der Waals surface area contributed by atoms with Crippen molar-refractivity contribution in [3.63, 3.8) is 0 Å². The molecule has 0 aromatic heterocycles. The van der Waals surface area contributed by atoms with Crippen LogP contribution in [0.2, 0.25) is 0 Å². The summed E-state index contributed by atoms with van der Waals surface area (Å²) in [5, 5.41) is 8.58. The fourth-order valence-corrected chi connectivity index (χ4v) is 1.99. The molecular formula is C14H15NO4. The van der Waals surface area contributed by atoms with Gasteiger partial charge in [0, 0.05) is 12.2 Å². The van der Waals surface area contributed by atoms with Crippen molar-refractivity contribution in [2.75, 3.05) is 11.4 Å². The topological polar surface area (TPSA) is 66.8 Å². The van der Waals surface area contributed by atoms with E-state index in [0.717, 1.165) is 12.2 Å². The van der Waals surface area contributed by atoms with Crippen molar-refractivity contribution in [3.05, 3.63) is 36.4 Å². The van der Waals surface area contributed by atoms with Gasteiger partial charge in [-0.25, -0.2) is 4.79 Å². The number of ether oxygens (including phenoxy) is 1. The van der Waals surface area contributed by atoms with Crippen LogP contribution in [0.5, 0.6) is 5.75 Å². The summed E-state index contributed by atoms with van der Waals surface area (Å²) in [4.78, 5) is 24.1. The van der Waals surface area contributed by atoms with Crippen LogP contribution in [-0.2, 0) is 9.59 Å². The second-order valence-electron chi connectivity index (χ2n) is 4.93. The number of anilines is 1. The lowest BCUT2D eigenvalue weighted by Crippen LogP contribution is -2.48. The van der Waals surface area contributed by atoms with Crippen LogP contribution in [0.3, 0.4) is 0 Å². The average Bonchev–Trinajstić information content (AvgIpc) is 2.33. The van der Waals surface area contributed by atoms with Crippen molar-refractivity contribution in [1.82, 2.24) is 0 Å². The lowest BCUT2D eigenvalue weighted by atomic mass is 10.0. The van der Waals surface area contributed by atoms with E-state index in [1.165, 1.54) is 4.90 Å². The van der Waals surface area contributed by atoms with E-state index in [4.69, 9.17) is 9.84 Å². The Morgan fingerprint density at radius 2 is 2.00 bits per heavy atom. The fraction of sp³-hybridized carbons (Fsp3) is 0.286. The third-order valence-electron chi connectivity index (χ3n) is 2.72. The molecule has 0 fully saturated rings. The lowest BCUT2D eigenvalue weighted by molar-refractivity contribution is -0.131. The zero-order valence-electron chi connectivity index (χ0n) is 10.8. The van der Waals surface area contributed by atoms with Gasteiger partial charge in [-0.05, 0) is 26.0 Å². The van der Waals surface area contributed by atoms with Crippen LogP contribution < -0.4 is 9.64 Å². The highest BCUT2D eigenvalue weighted by Gasteiger charge is 2.33. The quantitative estimate of drug-likeness (QED) is 0.825. The van der Waals surface area contributed by atoms with Crippen LogP contribution in [-0.4, -0.2) is 29.1 Å². The maximum absolute atomic E-state index is 12.1. The molecule has 1 aromatic rings. The van der Waals surface area contributed by atoms with Crippen molar-refractivity contribution >= 4 is 17.6 Å². The summed E-state index contributed by atoms with van der Waals surface area (Å²) < 4.78 is 5.79.